The summed E-state index contributed by atoms with van der Waals surface area (Å²) in [6, 6.07) is 12.3. The number of rotatable bonds is 3. The van der Waals surface area contributed by atoms with Crippen molar-refractivity contribution in [2.24, 2.45) is 0 Å². The molecule has 0 saturated heterocycles. The van der Waals surface area contributed by atoms with Crippen LogP contribution in [0.3, 0.4) is 0 Å². The first-order valence-electron chi connectivity index (χ1n) is 9.04. The summed E-state index contributed by atoms with van der Waals surface area (Å²) in [6.07, 6.45) is -0.252. The third-order valence-corrected chi connectivity index (χ3v) is 5.52. The Morgan fingerprint density at radius 1 is 0.893 bits per heavy atom. The molecule has 0 fully saturated rings. The number of nitrogens with zero attached hydrogens (tertiary/aromatic N) is 1. The summed E-state index contributed by atoms with van der Waals surface area (Å²) >= 11 is 0. The Balaban J connectivity index is 1.83. The largest absolute Gasteiger partial charge is 0.493 e. The first-order chi connectivity index (χ1) is 13.7. The number of hydrogen-bond donors (Lipinski definition) is 0. The third-order valence-electron chi connectivity index (χ3n) is 5.52. The standard InChI is InChI=1S/C22H21NO5/c1-23-21-13(6-5-12-7-19-20(8-14(12)21)28-11-27-19)15-9-17(24-2)18(25-3)10-16(15)22(23)26-4/h5-10,22H,11H2,1-4H3/t22-/m1/s1. The third kappa shape index (κ3) is 2.24. The first-order valence-corrected chi connectivity index (χ1v) is 9.04. The zero-order valence-electron chi connectivity index (χ0n) is 16.2. The van der Waals surface area contributed by atoms with Crippen LogP contribution in [0.25, 0.3) is 21.9 Å². The fourth-order valence-corrected chi connectivity index (χ4v) is 4.24. The smallest absolute Gasteiger partial charge is 0.231 e. The van der Waals surface area contributed by atoms with Gasteiger partial charge >= 0.3 is 0 Å². The second-order valence-electron chi connectivity index (χ2n) is 6.88. The monoisotopic (exact) mass is 379 g/mol. The van der Waals surface area contributed by atoms with Gasteiger partial charge in [-0.3, -0.25) is 0 Å². The van der Waals surface area contributed by atoms with E-state index in [1.165, 1.54) is 0 Å². The molecule has 6 nitrogen and oxygen atoms in total. The average Bonchev–Trinajstić information content (AvgIpc) is 3.18. The van der Waals surface area contributed by atoms with Crippen LogP contribution in [-0.4, -0.2) is 35.2 Å². The quantitative estimate of drug-likeness (QED) is 0.674. The van der Waals surface area contributed by atoms with Gasteiger partial charge in [0.05, 0.1) is 19.9 Å². The van der Waals surface area contributed by atoms with Gasteiger partial charge in [0, 0.05) is 30.7 Å². The van der Waals surface area contributed by atoms with E-state index in [2.05, 4.69) is 17.0 Å². The molecule has 0 radical (unpaired) electrons. The number of methoxy groups -OCH3 is 3. The molecule has 0 spiro atoms. The summed E-state index contributed by atoms with van der Waals surface area (Å²) in [6.45, 7) is 0.254. The molecule has 0 N–H and O–H groups in total. The topological polar surface area (TPSA) is 49.4 Å². The second kappa shape index (κ2) is 6.21. The molecule has 28 heavy (non-hydrogen) atoms. The van der Waals surface area contributed by atoms with Gasteiger partial charge in [0.15, 0.2) is 29.2 Å². The fraction of sp³-hybridized carbons (Fsp3) is 0.273. The number of ether oxygens (including phenoxy) is 5. The minimum absolute atomic E-state index is 0.252. The molecule has 0 bridgehead atoms. The summed E-state index contributed by atoms with van der Waals surface area (Å²) in [5, 5.41) is 2.18. The molecule has 144 valence electrons. The van der Waals surface area contributed by atoms with Crippen LogP contribution in [0.5, 0.6) is 23.0 Å². The van der Waals surface area contributed by atoms with Gasteiger partial charge in [0.2, 0.25) is 6.79 Å². The van der Waals surface area contributed by atoms with E-state index in [4.69, 9.17) is 23.7 Å². The van der Waals surface area contributed by atoms with Gasteiger partial charge in [-0.15, -0.1) is 0 Å². The highest BCUT2D eigenvalue weighted by molar-refractivity contribution is 6.05. The lowest BCUT2D eigenvalue weighted by molar-refractivity contribution is 0.103. The highest BCUT2D eigenvalue weighted by Crippen LogP contribution is 2.51. The Morgan fingerprint density at radius 3 is 2.32 bits per heavy atom. The number of anilines is 1. The summed E-state index contributed by atoms with van der Waals surface area (Å²) in [5.74, 6) is 2.92. The highest BCUT2D eigenvalue weighted by atomic mass is 16.7. The molecule has 2 heterocycles. The lowest BCUT2D eigenvalue weighted by Gasteiger charge is -2.37. The van der Waals surface area contributed by atoms with Crippen molar-refractivity contribution in [3.63, 3.8) is 0 Å². The molecule has 6 heteroatoms. The Kier molecular flexibility index (Phi) is 3.77. The number of hydrogen-bond acceptors (Lipinski definition) is 6. The lowest BCUT2D eigenvalue weighted by atomic mass is 9.89. The van der Waals surface area contributed by atoms with Crippen molar-refractivity contribution in [2.75, 3.05) is 40.1 Å². The summed E-state index contributed by atoms with van der Waals surface area (Å²) < 4.78 is 28.1. The van der Waals surface area contributed by atoms with Crippen LogP contribution >= 0.6 is 0 Å². The van der Waals surface area contributed by atoms with Crippen LogP contribution in [0, 0.1) is 0 Å². The predicted molar refractivity (Wildman–Crippen MR) is 107 cm³/mol. The Hall–Kier alpha value is -3.12. The number of fused-ring (bicyclic) bond motifs is 6. The van der Waals surface area contributed by atoms with Crippen LogP contribution in [0.1, 0.15) is 11.8 Å². The van der Waals surface area contributed by atoms with Crippen molar-refractivity contribution >= 4 is 16.5 Å². The van der Waals surface area contributed by atoms with Gasteiger partial charge in [0.25, 0.3) is 0 Å². The molecule has 1 atom stereocenters. The molecule has 5 rings (SSSR count). The maximum Gasteiger partial charge on any atom is 0.231 e. The molecule has 2 aliphatic rings. The molecular weight excluding hydrogens is 358 g/mol. The van der Waals surface area contributed by atoms with E-state index in [-0.39, 0.29) is 13.0 Å². The molecule has 2 aliphatic heterocycles. The van der Waals surface area contributed by atoms with E-state index < -0.39 is 0 Å². The predicted octanol–water partition coefficient (Wildman–Crippen LogP) is 4.35. The van der Waals surface area contributed by atoms with E-state index in [9.17, 15) is 0 Å². The molecule has 0 aromatic heterocycles. The van der Waals surface area contributed by atoms with Crippen LogP contribution in [0.15, 0.2) is 36.4 Å². The Bertz CT molecular complexity index is 1090. The maximum absolute atomic E-state index is 5.87. The van der Waals surface area contributed by atoms with Gasteiger partial charge in [0.1, 0.15) is 0 Å². The Labute approximate surface area is 163 Å². The van der Waals surface area contributed by atoms with Crippen LogP contribution in [-0.2, 0) is 4.74 Å². The van der Waals surface area contributed by atoms with Gasteiger partial charge in [-0.1, -0.05) is 12.1 Å². The van der Waals surface area contributed by atoms with E-state index in [1.807, 2.05) is 31.3 Å². The van der Waals surface area contributed by atoms with Crippen molar-refractivity contribution in [1.29, 1.82) is 0 Å². The molecule has 0 unspecified atom stereocenters. The first kappa shape index (κ1) is 17.0. The van der Waals surface area contributed by atoms with E-state index in [0.717, 1.165) is 44.6 Å². The second-order valence-corrected chi connectivity index (χ2v) is 6.88. The normalized spacial score (nSPS) is 16.7. The lowest BCUT2D eigenvalue weighted by Crippen LogP contribution is -2.30. The molecule has 3 aromatic rings. The number of benzene rings is 3. The van der Waals surface area contributed by atoms with Crippen molar-refractivity contribution in [3.05, 3.63) is 42.0 Å². The zero-order chi connectivity index (χ0) is 19.4. The summed E-state index contributed by atoms with van der Waals surface area (Å²) in [4.78, 5) is 2.15. The van der Waals surface area contributed by atoms with Crippen molar-refractivity contribution < 1.29 is 23.7 Å². The van der Waals surface area contributed by atoms with Gasteiger partial charge < -0.3 is 28.6 Å². The SMILES string of the molecule is COc1cc2c(cc1OC)[C@@H](OC)N(C)c1c-2ccc2cc3c(cc12)OCO3. The maximum atomic E-state index is 5.87. The zero-order valence-corrected chi connectivity index (χ0v) is 16.2. The average molecular weight is 379 g/mol. The highest BCUT2D eigenvalue weighted by Gasteiger charge is 2.32. The summed E-state index contributed by atoms with van der Waals surface area (Å²) in [5.41, 5.74) is 4.30. The van der Waals surface area contributed by atoms with Crippen molar-refractivity contribution in [3.8, 4) is 34.1 Å². The van der Waals surface area contributed by atoms with E-state index in [1.54, 1.807) is 21.3 Å². The van der Waals surface area contributed by atoms with Gasteiger partial charge in [-0.05, 0) is 35.2 Å². The van der Waals surface area contributed by atoms with Crippen LogP contribution in [0.2, 0.25) is 0 Å². The van der Waals surface area contributed by atoms with Crippen LogP contribution < -0.4 is 23.8 Å². The minimum atomic E-state index is -0.252. The van der Waals surface area contributed by atoms with Gasteiger partial charge in [-0.25, -0.2) is 0 Å². The van der Waals surface area contributed by atoms with Crippen molar-refractivity contribution in [1.82, 2.24) is 0 Å². The molecule has 0 saturated carbocycles. The van der Waals surface area contributed by atoms with Gasteiger partial charge in [-0.2, -0.15) is 0 Å². The van der Waals surface area contributed by atoms with Crippen molar-refractivity contribution in [2.45, 2.75) is 6.23 Å². The fourth-order valence-electron chi connectivity index (χ4n) is 4.24. The minimum Gasteiger partial charge on any atom is -0.493 e. The van der Waals surface area contributed by atoms with Crippen LogP contribution in [0.4, 0.5) is 5.69 Å². The molecule has 3 aromatic carbocycles. The Morgan fingerprint density at radius 2 is 1.61 bits per heavy atom. The molecule has 0 aliphatic carbocycles. The molecule has 0 amide bonds. The van der Waals surface area contributed by atoms with E-state index in [0.29, 0.717) is 11.5 Å². The van der Waals surface area contributed by atoms with E-state index >= 15 is 0 Å². The summed E-state index contributed by atoms with van der Waals surface area (Å²) in [7, 11) is 7.04. The molecular formula is C22H21NO5.